The molecule has 1 amide bonds. The number of ether oxygens (including phenoxy) is 1. The molecule has 0 spiro atoms. The molecule has 0 aliphatic heterocycles. The predicted octanol–water partition coefficient (Wildman–Crippen LogP) is 2.16. The Hall–Kier alpha value is -1.62. The molecule has 0 aromatic heterocycles. The summed E-state index contributed by atoms with van der Waals surface area (Å²) in [6, 6.07) is 3.85. The Balaban J connectivity index is 1.73. The van der Waals surface area contributed by atoms with Crippen molar-refractivity contribution in [2.75, 3.05) is 24.3 Å². The van der Waals surface area contributed by atoms with Crippen LogP contribution in [0, 0.1) is 11.7 Å². The average molecular weight is 252 g/mol. The van der Waals surface area contributed by atoms with Gasteiger partial charge in [0.05, 0.1) is 11.4 Å². The van der Waals surface area contributed by atoms with Crippen molar-refractivity contribution in [1.29, 1.82) is 0 Å². The van der Waals surface area contributed by atoms with Gasteiger partial charge >= 0.3 is 0 Å². The first-order valence-electron chi connectivity index (χ1n) is 6.08. The van der Waals surface area contributed by atoms with Crippen LogP contribution in [0.15, 0.2) is 18.2 Å². The molecule has 3 N–H and O–H groups in total. The van der Waals surface area contributed by atoms with Crippen LogP contribution < -0.4 is 11.1 Å². The summed E-state index contributed by atoms with van der Waals surface area (Å²) in [5, 5.41) is 2.53. The van der Waals surface area contributed by atoms with Crippen molar-refractivity contribution in [2.45, 2.75) is 19.3 Å². The van der Waals surface area contributed by atoms with Crippen molar-refractivity contribution in [3.8, 4) is 0 Å². The topological polar surface area (TPSA) is 64.3 Å². The second-order valence-corrected chi connectivity index (χ2v) is 4.56. The van der Waals surface area contributed by atoms with E-state index >= 15 is 0 Å². The molecule has 98 valence electrons. The molecule has 4 nitrogen and oxygen atoms in total. The summed E-state index contributed by atoms with van der Waals surface area (Å²) in [5.41, 5.74) is 6.24. The molecule has 1 aliphatic carbocycles. The first-order valence-corrected chi connectivity index (χ1v) is 6.08. The van der Waals surface area contributed by atoms with Crippen LogP contribution in [0.1, 0.15) is 19.3 Å². The number of rotatable bonds is 6. The van der Waals surface area contributed by atoms with E-state index in [4.69, 9.17) is 10.5 Å². The molecule has 0 atom stereocenters. The molecule has 0 bridgehead atoms. The summed E-state index contributed by atoms with van der Waals surface area (Å²) in [7, 11) is 0. The Morgan fingerprint density at radius 3 is 3.00 bits per heavy atom. The Kier molecular flexibility index (Phi) is 4.15. The molecule has 0 unspecified atom stereocenters. The number of benzene rings is 1. The third-order valence-corrected chi connectivity index (χ3v) is 2.89. The van der Waals surface area contributed by atoms with Gasteiger partial charge in [-0.3, -0.25) is 4.79 Å². The van der Waals surface area contributed by atoms with Gasteiger partial charge in [-0.15, -0.1) is 0 Å². The number of carbonyl (C=O) groups excluding carboxylic acids is 1. The quantitative estimate of drug-likeness (QED) is 0.602. The van der Waals surface area contributed by atoms with Gasteiger partial charge in [0, 0.05) is 6.61 Å². The van der Waals surface area contributed by atoms with Crippen LogP contribution in [0.25, 0.3) is 0 Å². The summed E-state index contributed by atoms with van der Waals surface area (Å²) in [6.45, 7) is 0.569. The minimum atomic E-state index is -0.436. The van der Waals surface area contributed by atoms with Crippen LogP contribution in [0.5, 0.6) is 0 Å². The molecule has 0 radical (unpaired) electrons. The van der Waals surface area contributed by atoms with E-state index in [-0.39, 0.29) is 18.2 Å². The maximum absolute atomic E-state index is 13.0. The molecule has 1 aromatic rings. The van der Waals surface area contributed by atoms with Crippen LogP contribution >= 0.6 is 0 Å². The van der Waals surface area contributed by atoms with Gasteiger partial charge in [-0.05, 0) is 30.5 Å². The van der Waals surface area contributed by atoms with Crippen molar-refractivity contribution in [1.82, 2.24) is 0 Å². The molecule has 5 heteroatoms. The first-order chi connectivity index (χ1) is 8.65. The number of nitrogens with one attached hydrogen (secondary N) is 1. The molecule has 2 rings (SSSR count). The van der Waals surface area contributed by atoms with Crippen molar-refractivity contribution in [2.24, 2.45) is 5.92 Å². The minimum absolute atomic E-state index is 0.0251. The van der Waals surface area contributed by atoms with E-state index in [1.807, 2.05) is 0 Å². The largest absolute Gasteiger partial charge is 0.397 e. The molecule has 1 saturated carbocycles. The summed E-state index contributed by atoms with van der Waals surface area (Å²) in [6.07, 6.45) is 3.56. The number of halogens is 1. The first kappa shape index (κ1) is 12.8. The third-order valence-electron chi connectivity index (χ3n) is 2.89. The van der Waals surface area contributed by atoms with Gasteiger partial charge in [0.25, 0.3) is 0 Å². The van der Waals surface area contributed by atoms with E-state index in [0.717, 1.165) is 12.3 Å². The highest BCUT2D eigenvalue weighted by molar-refractivity contribution is 5.94. The van der Waals surface area contributed by atoms with E-state index in [9.17, 15) is 9.18 Å². The average Bonchev–Trinajstić information content (AvgIpc) is 3.13. The van der Waals surface area contributed by atoms with Crippen molar-refractivity contribution >= 4 is 17.3 Å². The van der Waals surface area contributed by atoms with Crippen LogP contribution in [0.3, 0.4) is 0 Å². The Labute approximate surface area is 105 Å². The van der Waals surface area contributed by atoms with Gasteiger partial charge in [-0.25, -0.2) is 4.39 Å². The molecule has 0 saturated heterocycles. The fourth-order valence-corrected chi connectivity index (χ4v) is 1.64. The lowest BCUT2D eigenvalue weighted by Gasteiger charge is -2.08. The molecule has 18 heavy (non-hydrogen) atoms. The highest BCUT2D eigenvalue weighted by Crippen LogP contribution is 2.32. The number of carbonyl (C=O) groups is 1. The van der Waals surface area contributed by atoms with Crippen molar-refractivity contribution in [3.63, 3.8) is 0 Å². The van der Waals surface area contributed by atoms with Gasteiger partial charge < -0.3 is 15.8 Å². The highest BCUT2D eigenvalue weighted by Gasteiger charge is 2.20. The molecule has 1 aliphatic rings. The fraction of sp³-hybridized carbons (Fsp3) is 0.462. The molecular formula is C13H17FN2O2. The second-order valence-electron chi connectivity index (χ2n) is 4.56. The molecule has 0 heterocycles. The van der Waals surface area contributed by atoms with Crippen LogP contribution in [-0.2, 0) is 9.53 Å². The van der Waals surface area contributed by atoms with E-state index in [2.05, 4.69) is 5.32 Å². The lowest BCUT2D eigenvalue weighted by Crippen LogP contribution is -2.19. The van der Waals surface area contributed by atoms with Gasteiger partial charge in [-0.1, -0.05) is 12.8 Å². The lowest BCUT2D eigenvalue weighted by molar-refractivity contribution is -0.120. The van der Waals surface area contributed by atoms with Gasteiger partial charge in [0.1, 0.15) is 12.4 Å². The summed E-state index contributed by atoms with van der Waals surface area (Å²) in [5.74, 6) is 0.0316. The monoisotopic (exact) mass is 252 g/mol. The zero-order valence-corrected chi connectivity index (χ0v) is 10.1. The lowest BCUT2D eigenvalue weighted by atomic mass is 10.2. The zero-order chi connectivity index (χ0) is 13.0. The van der Waals surface area contributed by atoms with Crippen molar-refractivity contribution < 1.29 is 13.9 Å². The molecule has 1 aromatic carbocycles. The summed E-state index contributed by atoms with van der Waals surface area (Å²) < 4.78 is 18.2. The molecular weight excluding hydrogens is 235 g/mol. The van der Waals surface area contributed by atoms with Gasteiger partial charge in [0.15, 0.2) is 0 Å². The standard InChI is InChI=1S/C13H17FN2O2/c14-10-3-4-11(15)12(7-10)16-13(17)8-18-6-5-9-1-2-9/h3-4,7,9H,1-2,5-6,8,15H2,(H,16,17). The normalized spacial score (nSPS) is 14.5. The summed E-state index contributed by atoms with van der Waals surface area (Å²) >= 11 is 0. The zero-order valence-electron chi connectivity index (χ0n) is 10.1. The Morgan fingerprint density at radius 1 is 1.50 bits per heavy atom. The van der Waals surface area contributed by atoms with E-state index < -0.39 is 5.82 Å². The maximum atomic E-state index is 13.0. The fourth-order valence-electron chi connectivity index (χ4n) is 1.64. The van der Waals surface area contributed by atoms with Crippen LogP contribution in [-0.4, -0.2) is 19.1 Å². The van der Waals surface area contributed by atoms with E-state index in [1.165, 1.54) is 31.0 Å². The second kappa shape index (κ2) is 5.82. The van der Waals surface area contributed by atoms with E-state index in [1.54, 1.807) is 0 Å². The van der Waals surface area contributed by atoms with Crippen molar-refractivity contribution in [3.05, 3.63) is 24.0 Å². The predicted molar refractivity (Wildman–Crippen MR) is 67.6 cm³/mol. The van der Waals surface area contributed by atoms with Gasteiger partial charge in [0.2, 0.25) is 5.91 Å². The Morgan fingerprint density at radius 2 is 2.28 bits per heavy atom. The number of nitrogens with two attached hydrogens (primary N) is 1. The van der Waals surface area contributed by atoms with Crippen LogP contribution in [0.4, 0.5) is 15.8 Å². The smallest absolute Gasteiger partial charge is 0.250 e. The number of hydrogen-bond donors (Lipinski definition) is 2. The minimum Gasteiger partial charge on any atom is -0.397 e. The maximum Gasteiger partial charge on any atom is 0.250 e. The van der Waals surface area contributed by atoms with E-state index in [0.29, 0.717) is 12.3 Å². The van der Waals surface area contributed by atoms with Gasteiger partial charge in [-0.2, -0.15) is 0 Å². The highest BCUT2D eigenvalue weighted by atomic mass is 19.1. The number of amides is 1. The number of nitrogen functional groups attached to an aromatic ring is 1. The number of anilines is 2. The Bertz CT molecular complexity index is 433. The number of hydrogen-bond acceptors (Lipinski definition) is 3. The summed E-state index contributed by atoms with van der Waals surface area (Å²) in [4.78, 5) is 11.5. The SMILES string of the molecule is Nc1ccc(F)cc1NC(=O)COCCC1CC1. The third kappa shape index (κ3) is 4.00. The van der Waals surface area contributed by atoms with Crippen LogP contribution in [0.2, 0.25) is 0 Å². The molecule has 1 fully saturated rings.